The van der Waals surface area contributed by atoms with Crippen molar-refractivity contribution in [2.45, 2.75) is 20.8 Å². The van der Waals surface area contributed by atoms with Crippen LogP contribution < -0.4 is 5.43 Å². The number of hydrogen-bond acceptors (Lipinski definition) is 2. The fourth-order valence-electron chi connectivity index (χ4n) is 2.85. The highest BCUT2D eigenvalue weighted by molar-refractivity contribution is 6.01. The minimum absolute atomic E-state index is 0.340. The van der Waals surface area contributed by atoms with Crippen molar-refractivity contribution < 1.29 is 9.18 Å². The van der Waals surface area contributed by atoms with Crippen molar-refractivity contribution in [1.29, 1.82) is 0 Å². The number of amides is 1. The van der Waals surface area contributed by atoms with E-state index < -0.39 is 0 Å². The fraction of sp³-hybridized carbons (Fsp3) is 0.143. The van der Waals surface area contributed by atoms with E-state index in [0.29, 0.717) is 16.8 Å². The number of hydrazone groups is 1. The van der Waals surface area contributed by atoms with Crippen LogP contribution in [0.3, 0.4) is 0 Å². The van der Waals surface area contributed by atoms with Gasteiger partial charge in [0.15, 0.2) is 0 Å². The summed E-state index contributed by atoms with van der Waals surface area (Å²) in [6.07, 6.45) is 0. The number of carbonyl (C=O) groups is 1. The van der Waals surface area contributed by atoms with E-state index in [2.05, 4.69) is 27.2 Å². The van der Waals surface area contributed by atoms with Crippen molar-refractivity contribution in [3.05, 3.63) is 89.0 Å². The zero-order valence-electron chi connectivity index (χ0n) is 15.0. The molecule has 132 valence electrons. The van der Waals surface area contributed by atoms with Crippen LogP contribution in [0.25, 0.3) is 5.69 Å². The number of halogens is 1. The molecule has 1 N–H and O–H groups in total. The topological polar surface area (TPSA) is 46.4 Å². The lowest BCUT2D eigenvalue weighted by Crippen LogP contribution is -2.19. The summed E-state index contributed by atoms with van der Waals surface area (Å²) in [6, 6.07) is 17.7. The maximum Gasteiger partial charge on any atom is 0.271 e. The van der Waals surface area contributed by atoms with Crippen LogP contribution >= 0.6 is 0 Å². The summed E-state index contributed by atoms with van der Waals surface area (Å²) in [5.41, 5.74) is 6.99. The summed E-state index contributed by atoms with van der Waals surface area (Å²) in [4.78, 5) is 12.3. The lowest BCUT2D eigenvalue weighted by atomic mass is 10.1. The van der Waals surface area contributed by atoms with Crippen LogP contribution in [0.2, 0.25) is 0 Å². The van der Waals surface area contributed by atoms with Gasteiger partial charge in [-0.3, -0.25) is 4.79 Å². The SMILES string of the molecule is C/C(=N\NC(=O)c1ccc(-n2c(C)ccc2C)cc1)c1ccccc1F. The van der Waals surface area contributed by atoms with E-state index in [0.717, 1.165) is 17.1 Å². The molecule has 0 saturated carbocycles. The summed E-state index contributed by atoms with van der Waals surface area (Å²) in [7, 11) is 0. The van der Waals surface area contributed by atoms with Gasteiger partial charge in [-0.15, -0.1) is 0 Å². The average Bonchev–Trinajstić information content (AvgIpc) is 2.98. The highest BCUT2D eigenvalue weighted by Crippen LogP contribution is 2.17. The predicted octanol–water partition coefficient (Wildman–Crippen LogP) is 4.39. The minimum atomic E-state index is -0.371. The second-order valence-corrected chi connectivity index (χ2v) is 6.12. The molecule has 1 heterocycles. The van der Waals surface area contributed by atoms with Crippen LogP contribution in [-0.2, 0) is 0 Å². The van der Waals surface area contributed by atoms with Gasteiger partial charge in [0.05, 0.1) is 5.71 Å². The molecule has 2 aromatic carbocycles. The van der Waals surface area contributed by atoms with Gasteiger partial charge in [0.25, 0.3) is 5.91 Å². The van der Waals surface area contributed by atoms with Gasteiger partial charge in [-0.1, -0.05) is 18.2 Å². The van der Waals surface area contributed by atoms with E-state index in [1.54, 1.807) is 37.3 Å². The first-order chi connectivity index (χ1) is 12.5. The van der Waals surface area contributed by atoms with Crippen molar-refractivity contribution in [1.82, 2.24) is 9.99 Å². The summed E-state index contributed by atoms with van der Waals surface area (Å²) >= 11 is 0. The molecule has 1 amide bonds. The zero-order valence-corrected chi connectivity index (χ0v) is 15.0. The largest absolute Gasteiger partial charge is 0.319 e. The molecule has 0 spiro atoms. The molecule has 0 unspecified atom stereocenters. The number of carbonyl (C=O) groups excluding carboxylic acids is 1. The Bertz CT molecular complexity index is 952. The van der Waals surface area contributed by atoms with Crippen LogP contribution in [-0.4, -0.2) is 16.2 Å². The molecule has 0 fully saturated rings. The minimum Gasteiger partial charge on any atom is -0.319 e. The first-order valence-corrected chi connectivity index (χ1v) is 8.32. The summed E-state index contributed by atoms with van der Waals surface area (Å²) in [6.45, 7) is 5.72. The second-order valence-electron chi connectivity index (χ2n) is 6.12. The first kappa shape index (κ1) is 17.6. The van der Waals surface area contributed by atoms with Crippen molar-refractivity contribution in [3.63, 3.8) is 0 Å². The maximum absolute atomic E-state index is 13.7. The molecule has 0 radical (unpaired) electrons. The van der Waals surface area contributed by atoms with E-state index in [-0.39, 0.29) is 11.7 Å². The molecule has 5 heteroatoms. The molecule has 0 aliphatic carbocycles. The third kappa shape index (κ3) is 3.57. The molecule has 0 aliphatic heterocycles. The summed E-state index contributed by atoms with van der Waals surface area (Å²) in [5.74, 6) is -0.710. The predicted molar refractivity (Wildman–Crippen MR) is 101 cm³/mol. The molecule has 0 bridgehead atoms. The Hall–Kier alpha value is -3.21. The van der Waals surface area contributed by atoms with Crippen LogP contribution in [0.4, 0.5) is 4.39 Å². The second kappa shape index (κ2) is 7.35. The standard InChI is InChI=1S/C21H20FN3O/c1-14-8-9-15(2)25(14)18-12-10-17(11-13-18)21(26)24-23-16(3)19-6-4-5-7-20(19)22/h4-13H,1-3H3,(H,24,26)/b23-16+. The third-order valence-corrected chi connectivity index (χ3v) is 4.25. The molecule has 3 aromatic rings. The van der Waals surface area contributed by atoms with Crippen molar-refractivity contribution in [2.24, 2.45) is 5.10 Å². The zero-order chi connectivity index (χ0) is 18.7. The van der Waals surface area contributed by atoms with E-state index in [4.69, 9.17) is 0 Å². The molecular formula is C21H20FN3O. The van der Waals surface area contributed by atoms with E-state index in [9.17, 15) is 9.18 Å². The number of rotatable bonds is 4. The molecule has 0 aliphatic rings. The lowest BCUT2D eigenvalue weighted by molar-refractivity contribution is 0.0955. The van der Waals surface area contributed by atoms with Gasteiger partial charge >= 0.3 is 0 Å². The smallest absolute Gasteiger partial charge is 0.271 e. The maximum atomic E-state index is 13.7. The fourth-order valence-corrected chi connectivity index (χ4v) is 2.85. The first-order valence-electron chi connectivity index (χ1n) is 8.32. The molecule has 0 saturated heterocycles. The Morgan fingerprint density at radius 3 is 2.19 bits per heavy atom. The molecule has 26 heavy (non-hydrogen) atoms. The van der Waals surface area contributed by atoms with Gasteiger partial charge in [-0.05, 0) is 63.2 Å². The van der Waals surface area contributed by atoms with E-state index in [1.807, 2.05) is 26.0 Å². The van der Waals surface area contributed by atoms with Gasteiger partial charge in [0.2, 0.25) is 0 Å². The van der Waals surface area contributed by atoms with Crippen LogP contribution in [0.5, 0.6) is 0 Å². The van der Waals surface area contributed by atoms with E-state index in [1.165, 1.54) is 6.07 Å². The Balaban J connectivity index is 1.75. The molecule has 3 rings (SSSR count). The number of hydrogen-bond donors (Lipinski definition) is 1. The number of nitrogens with one attached hydrogen (secondary N) is 1. The van der Waals surface area contributed by atoms with Gasteiger partial charge in [-0.25, -0.2) is 9.82 Å². The Labute approximate surface area is 152 Å². The summed E-state index contributed by atoms with van der Waals surface area (Å²) < 4.78 is 15.8. The highest BCUT2D eigenvalue weighted by atomic mass is 19.1. The van der Waals surface area contributed by atoms with Crippen molar-refractivity contribution in [2.75, 3.05) is 0 Å². The van der Waals surface area contributed by atoms with Crippen LogP contribution in [0.15, 0.2) is 65.8 Å². The number of aryl methyl sites for hydroxylation is 2. The molecule has 4 nitrogen and oxygen atoms in total. The van der Waals surface area contributed by atoms with Gasteiger partial charge < -0.3 is 4.57 Å². The van der Waals surface area contributed by atoms with Crippen LogP contribution in [0.1, 0.15) is 34.2 Å². The Morgan fingerprint density at radius 1 is 0.962 bits per heavy atom. The normalized spacial score (nSPS) is 11.5. The van der Waals surface area contributed by atoms with Crippen LogP contribution in [0, 0.1) is 19.7 Å². The van der Waals surface area contributed by atoms with Crippen molar-refractivity contribution in [3.8, 4) is 5.69 Å². The number of aromatic nitrogens is 1. The van der Waals surface area contributed by atoms with Gasteiger partial charge in [0, 0.05) is 28.2 Å². The number of nitrogens with zero attached hydrogens (tertiary/aromatic N) is 2. The number of benzene rings is 2. The average molecular weight is 349 g/mol. The van der Waals surface area contributed by atoms with Gasteiger partial charge in [-0.2, -0.15) is 5.10 Å². The molecule has 1 aromatic heterocycles. The molecular weight excluding hydrogens is 329 g/mol. The Kier molecular flexibility index (Phi) is 4.98. The summed E-state index contributed by atoms with van der Waals surface area (Å²) in [5, 5.41) is 4.00. The highest BCUT2D eigenvalue weighted by Gasteiger charge is 2.09. The van der Waals surface area contributed by atoms with E-state index >= 15 is 0 Å². The quantitative estimate of drug-likeness (QED) is 0.551. The lowest BCUT2D eigenvalue weighted by Gasteiger charge is -2.10. The Morgan fingerprint density at radius 2 is 1.58 bits per heavy atom. The third-order valence-electron chi connectivity index (χ3n) is 4.25. The molecule has 0 atom stereocenters. The monoisotopic (exact) mass is 349 g/mol. The van der Waals surface area contributed by atoms with Gasteiger partial charge in [0.1, 0.15) is 5.82 Å². The van der Waals surface area contributed by atoms with Crippen molar-refractivity contribution >= 4 is 11.6 Å².